The van der Waals surface area contributed by atoms with Crippen LogP contribution in [0.4, 0.5) is 0 Å². The number of carbonyl (C=O) groups is 1. The fraction of sp³-hybridized carbons (Fsp3) is 0.263. The van der Waals surface area contributed by atoms with Crippen LogP contribution in [0.25, 0.3) is 11.4 Å². The molecule has 0 N–H and O–H groups in total. The van der Waals surface area contributed by atoms with Crippen molar-refractivity contribution in [2.45, 2.75) is 6.67 Å². The molecule has 1 amide bonds. The van der Waals surface area contributed by atoms with Crippen LogP contribution in [0, 0.1) is 0 Å². The van der Waals surface area contributed by atoms with Gasteiger partial charge in [-0.3, -0.25) is 9.69 Å². The highest BCUT2D eigenvalue weighted by Crippen LogP contribution is 2.13. The average molecular weight is 348 g/mol. The molecule has 0 radical (unpaired) electrons. The van der Waals surface area contributed by atoms with Gasteiger partial charge in [0.1, 0.15) is 6.67 Å². The van der Waals surface area contributed by atoms with Crippen molar-refractivity contribution in [3.63, 3.8) is 0 Å². The predicted octanol–water partition coefficient (Wildman–Crippen LogP) is 1.76. The highest BCUT2D eigenvalue weighted by Gasteiger charge is 2.22. The van der Waals surface area contributed by atoms with E-state index in [2.05, 4.69) is 20.3 Å². The van der Waals surface area contributed by atoms with E-state index in [-0.39, 0.29) is 5.91 Å². The summed E-state index contributed by atoms with van der Waals surface area (Å²) in [6, 6.07) is 19.2. The molecular formula is C19H20N6O. The van der Waals surface area contributed by atoms with Gasteiger partial charge in [0.2, 0.25) is 5.82 Å². The summed E-state index contributed by atoms with van der Waals surface area (Å²) in [5.74, 6) is 0.721. The van der Waals surface area contributed by atoms with Crippen LogP contribution in [-0.2, 0) is 6.67 Å². The van der Waals surface area contributed by atoms with Gasteiger partial charge in [0.25, 0.3) is 5.91 Å². The second-order valence-electron chi connectivity index (χ2n) is 6.27. The minimum atomic E-state index is 0.0931. The molecule has 26 heavy (non-hydrogen) atoms. The lowest BCUT2D eigenvalue weighted by Gasteiger charge is -2.34. The summed E-state index contributed by atoms with van der Waals surface area (Å²) >= 11 is 0. The molecule has 0 atom stereocenters. The zero-order valence-corrected chi connectivity index (χ0v) is 14.4. The zero-order valence-electron chi connectivity index (χ0n) is 14.4. The van der Waals surface area contributed by atoms with Crippen molar-refractivity contribution in [3.8, 4) is 11.4 Å². The SMILES string of the molecule is O=C(c1ccccc1)N1CCN(Cn2nnc(-c3ccccc3)n2)CC1. The summed E-state index contributed by atoms with van der Waals surface area (Å²) in [5.41, 5.74) is 1.70. The maximum atomic E-state index is 12.5. The van der Waals surface area contributed by atoms with Gasteiger partial charge in [0.15, 0.2) is 0 Å². The Morgan fingerprint density at radius 2 is 1.54 bits per heavy atom. The molecular weight excluding hydrogens is 328 g/mol. The Kier molecular flexibility index (Phi) is 4.70. The Hall–Kier alpha value is -3.06. The van der Waals surface area contributed by atoms with E-state index < -0.39 is 0 Å². The third kappa shape index (κ3) is 3.62. The van der Waals surface area contributed by atoms with Crippen LogP contribution in [0.15, 0.2) is 60.7 Å². The van der Waals surface area contributed by atoms with E-state index in [1.807, 2.05) is 65.6 Å². The molecule has 1 fully saturated rings. The number of benzene rings is 2. The fourth-order valence-corrected chi connectivity index (χ4v) is 3.04. The summed E-state index contributed by atoms with van der Waals surface area (Å²) in [6.45, 7) is 3.57. The van der Waals surface area contributed by atoms with Gasteiger partial charge in [-0.05, 0) is 17.3 Å². The number of nitrogens with zero attached hydrogens (tertiary/aromatic N) is 6. The smallest absolute Gasteiger partial charge is 0.253 e. The number of hydrogen-bond acceptors (Lipinski definition) is 5. The van der Waals surface area contributed by atoms with Crippen molar-refractivity contribution in [1.82, 2.24) is 30.0 Å². The van der Waals surface area contributed by atoms with Gasteiger partial charge in [0.05, 0.1) is 0 Å². The minimum Gasteiger partial charge on any atom is -0.336 e. The molecule has 2 heterocycles. The standard InChI is InChI=1S/C19H20N6O/c26-19(17-9-5-2-6-10-17)24-13-11-23(12-14-24)15-25-21-18(20-22-25)16-7-3-1-4-8-16/h1-10H,11-15H2. The second-order valence-corrected chi connectivity index (χ2v) is 6.27. The molecule has 0 unspecified atom stereocenters. The molecule has 1 saturated heterocycles. The summed E-state index contributed by atoms with van der Waals surface area (Å²) in [7, 11) is 0. The van der Waals surface area contributed by atoms with Gasteiger partial charge in [-0.2, -0.15) is 0 Å². The molecule has 7 heteroatoms. The first kappa shape index (κ1) is 16.4. The van der Waals surface area contributed by atoms with Gasteiger partial charge in [-0.1, -0.05) is 48.5 Å². The Bertz CT molecular complexity index is 856. The Labute approximate surface area is 151 Å². The Morgan fingerprint density at radius 1 is 0.885 bits per heavy atom. The summed E-state index contributed by atoms with van der Waals surface area (Å²) < 4.78 is 0. The first-order valence-electron chi connectivity index (χ1n) is 8.69. The van der Waals surface area contributed by atoms with Crippen molar-refractivity contribution in [2.75, 3.05) is 26.2 Å². The number of aromatic nitrogens is 4. The Balaban J connectivity index is 1.33. The van der Waals surface area contributed by atoms with Crippen molar-refractivity contribution < 1.29 is 4.79 Å². The van der Waals surface area contributed by atoms with Gasteiger partial charge in [-0.25, -0.2) is 0 Å². The molecule has 0 bridgehead atoms. The van der Waals surface area contributed by atoms with Crippen LogP contribution in [0.5, 0.6) is 0 Å². The summed E-state index contributed by atoms with van der Waals surface area (Å²) in [4.78, 5) is 18.2. The van der Waals surface area contributed by atoms with Crippen molar-refractivity contribution in [1.29, 1.82) is 0 Å². The molecule has 0 spiro atoms. The van der Waals surface area contributed by atoms with E-state index >= 15 is 0 Å². The number of amides is 1. The van der Waals surface area contributed by atoms with E-state index in [1.54, 1.807) is 4.80 Å². The van der Waals surface area contributed by atoms with Crippen LogP contribution < -0.4 is 0 Å². The lowest BCUT2D eigenvalue weighted by molar-refractivity contribution is 0.0574. The molecule has 0 saturated carbocycles. The first-order valence-corrected chi connectivity index (χ1v) is 8.69. The third-order valence-electron chi connectivity index (χ3n) is 4.49. The normalized spacial score (nSPS) is 15.2. The van der Waals surface area contributed by atoms with E-state index in [0.29, 0.717) is 25.6 Å². The number of tetrazole rings is 1. The minimum absolute atomic E-state index is 0.0931. The lowest BCUT2D eigenvalue weighted by Crippen LogP contribution is -2.49. The second kappa shape index (κ2) is 7.45. The summed E-state index contributed by atoms with van der Waals surface area (Å²) in [6.07, 6.45) is 0. The van der Waals surface area contributed by atoms with Crippen LogP contribution in [0.2, 0.25) is 0 Å². The molecule has 1 aliphatic rings. The van der Waals surface area contributed by atoms with Crippen LogP contribution in [-0.4, -0.2) is 62.1 Å². The van der Waals surface area contributed by atoms with Crippen LogP contribution in [0.3, 0.4) is 0 Å². The summed E-state index contributed by atoms with van der Waals surface area (Å²) in [5, 5.41) is 12.7. The average Bonchev–Trinajstić information content (AvgIpc) is 3.18. The van der Waals surface area contributed by atoms with E-state index in [9.17, 15) is 4.79 Å². The molecule has 4 rings (SSSR count). The topological polar surface area (TPSA) is 67.2 Å². The maximum absolute atomic E-state index is 12.5. The van der Waals surface area contributed by atoms with E-state index in [4.69, 9.17) is 0 Å². The zero-order chi connectivity index (χ0) is 17.8. The van der Waals surface area contributed by atoms with E-state index in [0.717, 1.165) is 24.2 Å². The maximum Gasteiger partial charge on any atom is 0.253 e. The molecule has 7 nitrogen and oxygen atoms in total. The molecule has 2 aromatic carbocycles. The largest absolute Gasteiger partial charge is 0.336 e. The van der Waals surface area contributed by atoms with E-state index in [1.165, 1.54) is 0 Å². The number of carbonyl (C=O) groups excluding carboxylic acids is 1. The van der Waals surface area contributed by atoms with Crippen molar-refractivity contribution in [3.05, 3.63) is 66.2 Å². The van der Waals surface area contributed by atoms with Crippen LogP contribution >= 0.6 is 0 Å². The van der Waals surface area contributed by atoms with Gasteiger partial charge in [0, 0.05) is 37.3 Å². The van der Waals surface area contributed by atoms with Gasteiger partial charge < -0.3 is 4.90 Å². The predicted molar refractivity (Wildman–Crippen MR) is 97.2 cm³/mol. The number of hydrogen-bond donors (Lipinski definition) is 0. The first-order chi connectivity index (χ1) is 12.8. The lowest BCUT2D eigenvalue weighted by atomic mass is 10.2. The monoisotopic (exact) mass is 348 g/mol. The van der Waals surface area contributed by atoms with Crippen LogP contribution in [0.1, 0.15) is 10.4 Å². The molecule has 132 valence electrons. The molecule has 0 aliphatic carbocycles. The fourth-order valence-electron chi connectivity index (χ4n) is 3.04. The quantitative estimate of drug-likeness (QED) is 0.719. The third-order valence-corrected chi connectivity index (χ3v) is 4.49. The van der Waals surface area contributed by atoms with Crippen molar-refractivity contribution >= 4 is 5.91 Å². The highest BCUT2D eigenvalue weighted by atomic mass is 16.2. The number of rotatable bonds is 4. The highest BCUT2D eigenvalue weighted by molar-refractivity contribution is 5.94. The molecule has 3 aromatic rings. The molecule has 1 aromatic heterocycles. The molecule has 1 aliphatic heterocycles. The van der Waals surface area contributed by atoms with Crippen molar-refractivity contribution in [2.24, 2.45) is 0 Å². The van der Waals surface area contributed by atoms with Gasteiger partial charge >= 0.3 is 0 Å². The van der Waals surface area contributed by atoms with Gasteiger partial charge in [-0.15, -0.1) is 15.0 Å². The number of piperazine rings is 1. The Morgan fingerprint density at radius 3 is 2.23 bits per heavy atom.